The molecule has 0 aliphatic rings. The fraction of sp³-hybridized carbons (Fsp3) is 0.250. The Balaban J connectivity index is 3.00. The second kappa shape index (κ2) is 3.78. The Morgan fingerprint density at radius 2 is 1.67 bits per heavy atom. The highest BCUT2D eigenvalue weighted by Gasteiger charge is 2.07. The van der Waals surface area contributed by atoms with Crippen molar-refractivity contribution in [1.82, 2.24) is 0 Å². The van der Waals surface area contributed by atoms with E-state index in [0.29, 0.717) is 10.9 Å². The van der Waals surface area contributed by atoms with Crippen LogP contribution in [0.15, 0.2) is 18.2 Å². The number of phenolic OH excluding ortho intramolecular Hbond substituents is 2. The van der Waals surface area contributed by atoms with Gasteiger partial charge in [-0.3, -0.25) is 0 Å². The summed E-state index contributed by atoms with van der Waals surface area (Å²) in [5.41, 5.74) is 0.490. The number of aromatic hydroxyl groups is 2. The molecule has 3 N–H and O–H groups in total. The summed E-state index contributed by atoms with van der Waals surface area (Å²) in [6, 6.07) is 4.03. The lowest BCUT2D eigenvalue weighted by Gasteiger charge is -2.07. The van der Waals surface area contributed by atoms with Crippen LogP contribution in [0.3, 0.4) is 0 Å². The van der Waals surface area contributed by atoms with Crippen molar-refractivity contribution >= 4 is 15.9 Å². The third kappa shape index (κ3) is 2.12. The van der Waals surface area contributed by atoms with Crippen LogP contribution in [-0.2, 0) is 0 Å². The molecule has 12 heavy (non-hydrogen) atoms. The molecule has 3 nitrogen and oxygen atoms in total. The molecule has 1 unspecified atom stereocenters. The van der Waals surface area contributed by atoms with E-state index in [1.54, 1.807) is 0 Å². The summed E-state index contributed by atoms with van der Waals surface area (Å²) in [6.45, 7) is 0. The molecule has 1 aromatic rings. The van der Waals surface area contributed by atoms with E-state index in [9.17, 15) is 5.11 Å². The number of hydrogen-bond donors (Lipinski definition) is 3. The standard InChI is InChI=1S/C8H9BrO3/c9-4-8(12)5-1-6(10)3-7(11)2-5/h1-3,8,10-12H,4H2. The first-order valence-electron chi connectivity index (χ1n) is 3.40. The Kier molecular flexibility index (Phi) is 2.94. The molecule has 0 bridgehead atoms. The van der Waals surface area contributed by atoms with Crippen LogP contribution >= 0.6 is 15.9 Å². The second-order valence-electron chi connectivity index (χ2n) is 2.45. The molecule has 0 aromatic heterocycles. The molecular weight excluding hydrogens is 224 g/mol. The van der Waals surface area contributed by atoms with E-state index in [-0.39, 0.29) is 11.5 Å². The van der Waals surface area contributed by atoms with Crippen molar-refractivity contribution in [2.75, 3.05) is 5.33 Å². The monoisotopic (exact) mass is 232 g/mol. The van der Waals surface area contributed by atoms with Crippen LogP contribution < -0.4 is 0 Å². The van der Waals surface area contributed by atoms with E-state index in [0.717, 1.165) is 0 Å². The minimum Gasteiger partial charge on any atom is -0.508 e. The maximum absolute atomic E-state index is 9.31. The zero-order chi connectivity index (χ0) is 9.14. The Labute approximate surface area is 78.4 Å². The van der Waals surface area contributed by atoms with Gasteiger partial charge in [-0.05, 0) is 17.7 Å². The van der Waals surface area contributed by atoms with Crippen molar-refractivity contribution < 1.29 is 15.3 Å². The quantitative estimate of drug-likeness (QED) is 0.678. The number of hydrogen-bond acceptors (Lipinski definition) is 3. The molecule has 4 heteroatoms. The first-order chi connectivity index (χ1) is 5.63. The number of halogens is 1. The average molecular weight is 233 g/mol. The molecule has 66 valence electrons. The topological polar surface area (TPSA) is 60.7 Å². The van der Waals surface area contributed by atoms with Gasteiger partial charge in [-0.1, -0.05) is 15.9 Å². The summed E-state index contributed by atoms with van der Waals surface area (Å²) in [7, 11) is 0. The van der Waals surface area contributed by atoms with E-state index < -0.39 is 6.10 Å². The lowest BCUT2D eigenvalue weighted by atomic mass is 10.1. The summed E-state index contributed by atoms with van der Waals surface area (Å²) in [6.07, 6.45) is -0.706. The van der Waals surface area contributed by atoms with Crippen LogP contribution in [0.5, 0.6) is 11.5 Å². The molecular formula is C8H9BrO3. The maximum atomic E-state index is 9.31. The molecule has 0 fully saturated rings. The molecule has 0 aliphatic carbocycles. The van der Waals surface area contributed by atoms with Crippen LogP contribution in [0.25, 0.3) is 0 Å². The predicted octanol–water partition coefficient (Wildman–Crippen LogP) is 1.53. The minimum absolute atomic E-state index is 0.0509. The number of aliphatic hydroxyl groups excluding tert-OH is 1. The van der Waals surface area contributed by atoms with Gasteiger partial charge in [0.25, 0.3) is 0 Å². The van der Waals surface area contributed by atoms with E-state index in [4.69, 9.17) is 10.2 Å². The van der Waals surface area contributed by atoms with Crippen molar-refractivity contribution in [3.63, 3.8) is 0 Å². The Hall–Kier alpha value is -0.740. The van der Waals surface area contributed by atoms with Gasteiger partial charge in [0.2, 0.25) is 0 Å². The van der Waals surface area contributed by atoms with Gasteiger partial charge in [-0.15, -0.1) is 0 Å². The number of alkyl halides is 1. The van der Waals surface area contributed by atoms with Crippen molar-refractivity contribution in [2.45, 2.75) is 6.10 Å². The molecule has 1 rings (SSSR count). The number of aliphatic hydroxyl groups is 1. The second-order valence-corrected chi connectivity index (χ2v) is 3.10. The maximum Gasteiger partial charge on any atom is 0.119 e. The lowest BCUT2D eigenvalue weighted by molar-refractivity contribution is 0.204. The first-order valence-corrected chi connectivity index (χ1v) is 4.52. The number of phenols is 2. The zero-order valence-electron chi connectivity index (χ0n) is 6.24. The Morgan fingerprint density at radius 3 is 2.08 bits per heavy atom. The minimum atomic E-state index is -0.706. The third-order valence-electron chi connectivity index (χ3n) is 1.46. The van der Waals surface area contributed by atoms with Gasteiger partial charge >= 0.3 is 0 Å². The zero-order valence-corrected chi connectivity index (χ0v) is 7.82. The summed E-state index contributed by atoms with van der Waals surface area (Å²) in [5.74, 6) is -0.102. The van der Waals surface area contributed by atoms with Gasteiger partial charge in [0, 0.05) is 11.4 Å². The fourth-order valence-electron chi connectivity index (χ4n) is 0.900. The third-order valence-corrected chi connectivity index (χ3v) is 2.07. The van der Waals surface area contributed by atoms with Crippen LogP contribution in [0.4, 0.5) is 0 Å². The van der Waals surface area contributed by atoms with Gasteiger partial charge < -0.3 is 15.3 Å². The smallest absolute Gasteiger partial charge is 0.119 e. The average Bonchev–Trinajstić information content (AvgIpc) is 2.01. The molecule has 0 saturated heterocycles. The molecule has 1 aromatic carbocycles. The van der Waals surface area contributed by atoms with Gasteiger partial charge in [-0.2, -0.15) is 0 Å². The van der Waals surface area contributed by atoms with Gasteiger partial charge in [0.15, 0.2) is 0 Å². The Morgan fingerprint density at radius 1 is 1.17 bits per heavy atom. The molecule has 0 radical (unpaired) electrons. The molecule has 0 spiro atoms. The molecule has 0 heterocycles. The Bertz CT molecular complexity index is 255. The van der Waals surface area contributed by atoms with Crippen LogP contribution in [0.1, 0.15) is 11.7 Å². The summed E-state index contributed by atoms with van der Waals surface area (Å²) < 4.78 is 0. The van der Waals surface area contributed by atoms with Crippen molar-refractivity contribution in [1.29, 1.82) is 0 Å². The largest absolute Gasteiger partial charge is 0.508 e. The van der Waals surface area contributed by atoms with E-state index in [1.165, 1.54) is 18.2 Å². The molecule has 0 aliphatic heterocycles. The van der Waals surface area contributed by atoms with Crippen LogP contribution in [-0.4, -0.2) is 20.6 Å². The highest BCUT2D eigenvalue weighted by molar-refractivity contribution is 9.09. The molecule has 0 saturated carbocycles. The molecule has 1 atom stereocenters. The van der Waals surface area contributed by atoms with Crippen LogP contribution in [0.2, 0.25) is 0 Å². The summed E-state index contributed by atoms with van der Waals surface area (Å²) in [4.78, 5) is 0. The number of rotatable bonds is 2. The summed E-state index contributed by atoms with van der Waals surface area (Å²) >= 11 is 3.09. The molecule has 0 amide bonds. The van der Waals surface area contributed by atoms with Gasteiger partial charge in [0.1, 0.15) is 11.5 Å². The van der Waals surface area contributed by atoms with Crippen molar-refractivity contribution in [3.8, 4) is 11.5 Å². The SMILES string of the molecule is Oc1cc(O)cc(C(O)CBr)c1. The van der Waals surface area contributed by atoms with E-state index in [1.807, 2.05) is 0 Å². The van der Waals surface area contributed by atoms with Crippen molar-refractivity contribution in [3.05, 3.63) is 23.8 Å². The van der Waals surface area contributed by atoms with Crippen LogP contribution in [0, 0.1) is 0 Å². The van der Waals surface area contributed by atoms with Crippen molar-refractivity contribution in [2.24, 2.45) is 0 Å². The van der Waals surface area contributed by atoms with E-state index >= 15 is 0 Å². The normalized spacial score (nSPS) is 12.8. The fourth-order valence-corrected chi connectivity index (χ4v) is 1.27. The lowest BCUT2D eigenvalue weighted by Crippen LogP contribution is -1.97. The number of benzene rings is 1. The van der Waals surface area contributed by atoms with Gasteiger partial charge in [-0.25, -0.2) is 0 Å². The highest BCUT2D eigenvalue weighted by atomic mass is 79.9. The highest BCUT2D eigenvalue weighted by Crippen LogP contribution is 2.25. The predicted molar refractivity (Wildman–Crippen MR) is 48.5 cm³/mol. The first kappa shape index (κ1) is 9.35. The summed E-state index contributed by atoms with van der Waals surface area (Å²) in [5, 5.41) is 27.8. The van der Waals surface area contributed by atoms with Gasteiger partial charge in [0.05, 0.1) is 6.10 Å². The van der Waals surface area contributed by atoms with E-state index in [2.05, 4.69) is 15.9 Å².